The number of amides is 1. The molecule has 1 N–H and O–H groups in total. The molecule has 0 aliphatic rings. The molecule has 3 rings (SSSR count). The van der Waals surface area contributed by atoms with Crippen molar-refractivity contribution >= 4 is 23.2 Å². The molecule has 3 aromatic rings. The zero-order valence-corrected chi connectivity index (χ0v) is 16.8. The highest BCUT2D eigenvalue weighted by atomic mass is 35.5. The number of rotatable bonds is 7. The minimum Gasteiger partial charge on any atom is -0.489 e. The Labute approximate surface area is 169 Å². The van der Waals surface area contributed by atoms with Gasteiger partial charge in [0.15, 0.2) is 0 Å². The highest BCUT2D eigenvalue weighted by Crippen LogP contribution is 2.26. The van der Waals surface area contributed by atoms with E-state index >= 15 is 0 Å². The quantitative estimate of drug-likeness (QED) is 0.631. The van der Waals surface area contributed by atoms with Crippen LogP contribution in [0.4, 0.5) is 5.69 Å². The van der Waals surface area contributed by atoms with Crippen LogP contribution in [0.1, 0.15) is 27.0 Å². The van der Waals surface area contributed by atoms with E-state index in [1.54, 1.807) is 36.3 Å². The first-order chi connectivity index (χ1) is 13.5. The zero-order chi connectivity index (χ0) is 20.1. The van der Waals surface area contributed by atoms with E-state index in [4.69, 9.17) is 21.1 Å². The molecule has 7 heteroatoms. The number of carbonyl (C=O) groups is 1. The minimum absolute atomic E-state index is 0.201. The summed E-state index contributed by atoms with van der Waals surface area (Å²) in [6.45, 7) is 4.65. The fourth-order valence-corrected chi connectivity index (χ4v) is 2.85. The van der Waals surface area contributed by atoms with Gasteiger partial charge in [-0.05, 0) is 54.8 Å². The Kier molecular flexibility index (Phi) is 6.34. The Morgan fingerprint density at radius 3 is 2.50 bits per heavy atom. The Morgan fingerprint density at radius 2 is 1.86 bits per heavy atom. The van der Waals surface area contributed by atoms with Crippen molar-refractivity contribution in [1.29, 1.82) is 0 Å². The smallest absolute Gasteiger partial charge is 0.255 e. The number of ether oxygens (including phenoxy) is 2. The molecule has 0 unspecified atom stereocenters. The van der Waals surface area contributed by atoms with E-state index < -0.39 is 0 Å². The summed E-state index contributed by atoms with van der Waals surface area (Å²) in [5, 5.41) is 7.66. The first-order valence-electron chi connectivity index (χ1n) is 8.77. The van der Waals surface area contributed by atoms with Gasteiger partial charge in [-0.2, -0.15) is 5.10 Å². The van der Waals surface area contributed by atoms with Crippen LogP contribution in [0.2, 0.25) is 5.02 Å². The number of carbonyl (C=O) groups excluding carboxylic acids is 1. The molecule has 0 aliphatic heterocycles. The largest absolute Gasteiger partial charge is 0.489 e. The molecular weight excluding hydrogens is 378 g/mol. The van der Waals surface area contributed by atoms with Crippen molar-refractivity contribution in [3.63, 3.8) is 0 Å². The Hall–Kier alpha value is -2.83. The van der Waals surface area contributed by atoms with Crippen LogP contribution in [0.3, 0.4) is 0 Å². The maximum absolute atomic E-state index is 12.4. The Balaban J connectivity index is 1.59. The van der Waals surface area contributed by atoms with E-state index in [-0.39, 0.29) is 5.91 Å². The molecule has 28 heavy (non-hydrogen) atoms. The SMILES string of the molecule is COCn1cc(NC(=O)c2ccc(COc3cc(C)c(Cl)c(C)c3)cc2)cn1. The number of nitrogens with zero attached hydrogens (tertiary/aromatic N) is 2. The van der Waals surface area contributed by atoms with E-state index in [1.165, 1.54) is 0 Å². The van der Waals surface area contributed by atoms with Crippen LogP contribution in [-0.4, -0.2) is 22.8 Å². The van der Waals surface area contributed by atoms with Gasteiger partial charge in [-0.15, -0.1) is 0 Å². The Bertz CT molecular complexity index is 944. The number of methoxy groups -OCH3 is 1. The highest BCUT2D eigenvalue weighted by Gasteiger charge is 2.08. The lowest BCUT2D eigenvalue weighted by atomic mass is 10.1. The predicted octanol–water partition coefficient (Wildman–Crippen LogP) is 4.59. The Morgan fingerprint density at radius 1 is 1.18 bits per heavy atom. The van der Waals surface area contributed by atoms with E-state index in [1.807, 2.05) is 38.1 Å². The summed E-state index contributed by atoms with van der Waals surface area (Å²) in [5.74, 6) is 0.572. The summed E-state index contributed by atoms with van der Waals surface area (Å²) in [6, 6.07) is 11.1. The fraction of sp³-hybridized carbons (Fsp3) is 0.238. The fourth-order valence-electron chi connectivity index (χ4n) is 2.74. The molecule has 0 atom stereocenters. The number of nitrogens with one attached hydrogen (secondary N) is 1. The molecule has 0 fully saturated rings. The second kappa shape index (κ2) is 8.91. The van der Waals surface area contributed by atoms with Gasteiger partial charge in [0.2, 0.25) is 0 Å². The summed E-state index contributed by atoms with van der Waals surface area (Å²) >= 11 is 6.18. The second-order valence-electron chi connectivity index (χ2n) is 6.50. The van der Waals surface area contributed by atoms with Crippen LogP contribution >= 0.6 is 11.6 Å². The third kappa shape index (κ3) is 4.91. The summed E-state index contributed by atoms with van der Waals surface area (Å²) < 4.78 is 12.4. The van der Waals surface area contributed by atoms with Gasteiger partial charge in [-0.25, -0.2) is 4.68 Å². The van der Waals surface area contributed by atoms with Gasteiger partial charge in [0.05, 0.1) is 18.1 Å². The monoisotopic (exact) mass is 399 g/mol. The molecular formula is C21H22ClN3O3. The van der Waals surface area contributed by atoms with E-state index in [2.05, 4.69) is 10.4 Å². The lowest BCUT2D eigenvalue weighted by Crippen LogP contribution is -2.11. The average molecular weight is 400 g/mol. The van der Waals surface area contributed by atoms with Gasteiger partial charge in [0.25, 0.3) is 5.91 Å². The topological polar surface area (TPSA) is 65.4 Å². The maximum atomic E-state index is 12.4. The first kappa shape index (κ1) is 19.9. The maximum Gasteiger partial charge on any atom is 0.255 e. The molecule has 1 aromatic heterocycles. The molecule has 2 aromatic carbocycles. The van der Waals surface area contributed by atoms with Crippen LogP contribution in [0.25, 0.3) is 0 Å². The number of halogens is 1. The molecule has 0 bridgehead atoms. The van der Waals surface area contributed by atoms with Crippen molar-refractivity contribution in [1.82, 2.24) is 9.78 Å². The van der Waals surface area contributed by atoms with Gasteiger partial charge in [0.1, 0.15) is 19.1 Å². The van der Waals surface area contributed by atoms with Gasteiger partial charge >= 0.3 is 0 Å². The van der Waals surface area contributed by atoms with E-state index in [0.717, 1.165) is 27.5 Å². The summed E-state index contributed by atoms with van der Waals surface area (Å²) in [5.41, 5.74) is 4.11. The van der Waals surface area contributed by atoms with Gasteiger partial charge in [-0.3, -0.25) is 4.79 Å². The van der Waals surface area contributed by atoms with Gasteiger partial charge < -0.3 is 14.8 Å². The minimum atomic E-state index is -0.201. The van der Waals surface area contributed by atoms with E-state index in [0.29, 0.717) is 24.6 Å². The van der Waals surface area contributed by atoms with Crippen molar-refractivity contribution in [2.75, 3.05) is 12.4 Å². The predicted molar refractivity (Wildman–Crippen MR) is 109 cm³/mol. The summed E-state index contributed by atoms with van der Waals surface area (Å²) in [4.78, 5) is 12.4. The van der Waals surface area contributed by atoms with Crippen LogP contribution < -0.4 is 10.1 Å². The van der Waals surface area contributed by atoms with Crippen LogP contribution in [0.5, 0.6) is 5.75 Å². The van der Waals surface area contributed by atoms with Crippen LogP contribution in [0, 0.1) is 13.8 Å². The number of anilines is 1. The van der Waals surface area contributed by atoms with Crippen molar-refractivity contribution in [2.24, 2.45) is 0 Å². The third-order valence-corrected chi connectivity index (χ3v) is 4.78. The molecule has 146 valence electrons. The lowest BCUT2D eigenvalue weighted by molar-refractivity contribution is 0.102. The van der Waals surface area contributed by atoms with Crippen LogP contribution in [0.15, 0.2) is 48.8 Å². The lowest BCUT2D eigenvalue weighted by Gasteiger charge is -2.10. The molecule has 0 aliphatic carbocycles. The normalized spacial score (nSPS) is 10.7. The van der Waals surface area contributed by atoms with Crippen LogP contribution in [-0.2, 0) is 18.1 Å². The van der Waals surface area contributed by atoms with Crippen molar-refractivity contribution in [3.05, 3.63) is 76.1 Å². The summed E-state index contributed by atoms with van der Waals surface area (Å²) in [6.07, 6.45) is 3.29. The number of aromatic nitrogens is 2. The molecule has 0 spiro atoms. The average Bonchev–Trinajstić information content (AvgIpc) is 3.12. The van der Waals surface area contributed by atoms with Crippen molar-refractivity contribution < 1.29 is 14.3 Å². The number of aryl methyl sites for hydroxylation is 2. The van der Waals surface area contributed by atoms with Crippen molar-refractivity contribution in [3.8, 4) is 5.75 Å². The van der Waals surface area contributed by atoms with Gasteiger partial charge in [-0.1, -0.05) is 23.7 Å². The highest BCUT2D eigenvalue weighted by molar-refractivity contribution is 6.32. The molecule has 1 amide bonds. The first-order valence-corrected chi connectivity index (χ1v) is 9.15. The van der Waals surface area contributed by atoms with Crippen molar-refractivity contribution in [2.45, 2.75) is 27.2 Å². The van der Waals surface area contributed by atoms with E-state index in [9.17, 15) is 4.79 Å². The molecule has 0 saturated heterocycles. The second-order valence-corrected chi connectivity index (χ2v) is 6.87. The summed E-state index contributed by atoms with van der Waals surface area (Å²) in [7, 11) is 1.58. The molecule has 1 heterocycles. The molecule has 0 saturated carbocycles. The number of hydrogen-bond acceptors (Lipinski definition) is 4. The molecule has 0 radical (unpaired) electrons. The number of hydrogen-bond donors (Lipinski definition) is 1. The number of benzene rings is 2. The zero-order valence-electron chi connectivity index (χ0n) is 16.0. The molecule has 6 nitrogen and oxygen atoms in total. The van der Waals surface area contributed by atoms with Gasteiger partial charge in [0, 0.05) is 17.7 Å². The standard InChI is InChI=1S/C21H22ClN3O3/c1-14-8-19(9-15(2)20(14)22)28-12-16-4-6-17(7-5-16)21(26)24-18-10-23-25(11-18)13-27-3/h4-11H,12-13H2,1-3H3,(H,24,26). The third-order valence-electron chi connectivity index (χ3n) is 4.18.